The highest BCUT2D eigenvalue weighted by Crippen LogP contribution is 2.18. The summed E-state index contributed by atoms with van der Waals surface area (Å²) in [4.78, 5) is 12.1. The second-order valence-electron chi connectivity index (χ2n) is 5.66. The number of hydrogen-bond donors (Lipinski definition) is 2. The maximum absolute atomic E-state index is 13.6. The summed E-state index contributed by atoms with van der Waals surface area (Å²) in [5.41, 5.74) is 3.47. The van der Waals surface area contributed by atoms with E-state index in [1.165, 1.54) is 29.3 Å². The molecule has 126 valence electrons. The Kier molecular flexibility index (Phi) is 4.70. The van der Waals surface area contributed by atoms with Gasteiger partial charge in [0.15, 0.2) is 11.5 Å². The molecule has 0 fully saturated rings. The smallest absolute Gasteiger partial charge is 0.276 e. The fraction of sp³-hybridized carbons (Fsp3) is 0.105. The highest BCUT2D eigenvalue weighted by Gasteiger charge is 2.11. The Labute approximate surface area is 144 Å². The lowest BCUT2D eigenvalue weighted by Gasteiger charge is -2.08. The van der Waals surface area contributed by atoms with Gasteiger partial charge in [0.1, 0.15) is 5.82 Å². The minimum atomic E-state index is -0.518. The first-order valence-corrected chi connectivity index (χ1v) is 7.77. The normalized spacial score (nSPS) is 10.4. The van der Waals surface area contributed by atoms with Crippen LogP contribution in [0.2, 0.25) is 0 Å². The van der Waals surface area contributed by atoms with Crippen molar-refractivity contribution in [3.63, 3.8) is 0 Å². The van der Waals surface area contributed by atoms with Crippen LogP contribution in [0, 0.1) is 19.7 Å². The number of rotatable bonds is 4. The molecule has 0 aliphatic rings. The summed E-state index contributed by atoms with van der Waals surface area (Å²) in [6.45, 7) is 4.07. The number of anilines is 3. The molecular weight excluding hydrogens is 319 g/mol. The van der Waals surface area contributed by atoms with Gasteiger partial charge in [0, 0.05) is 5.69 Å². The standard InChI is InChI=1S/C19H17FN4O/c1-12-7-8-14(11-13(12)2)21-18-10-9-17(23-24-18)19(25)22-16-6-4-3-5-15(16)20/h3-11H,1-2H3,(H,21,24)(H,22,25). The van der Waals surface area contributed by atoms with E-state index in [-0.39, 0.29) is 11.4 Å². The van der Waals surface area contributed by atoms with E-state index in [1.807, 2.05) is 32.0 Å². The summed E-state index contributed by atoms with van der Waals surface area (Å²) >= 11 is 0. The molecule has 0 bridgehead atoms. The van der Waals surface area contributed by atoms with Crippen molar-refractivity contribution in [1.82, 2.24) is 10.2 Å². The average Bonchev–Trinajstić information content (AvgIpc) is 2.61. The lowest BCUT2D eigenvalue weighted by Crippen LogP contribution is -2.15. The molecule has 6 heteroatoms. The van der Waals surface area contributed by atoms with Gasteiger partial charge in [-0.1, -0.05) is 18.2 Å². The number of aromatic nitrogens is 2. The zero-order valence-corrected chi connectivity index (χ0v) is 13.9. The predicted molar refractivity (Wildman–Crippen MR) is 95.6 cm³/mol. The molecule has 1 heterocycles. The number of carbonyl (C=O) groups is 1. The van der Waals surface area contributed by atoms with Crippen LogP contribution in [-0.4, -0.2) is 16.1 Å². The number of halogens is 1. The van der Waals surface area contributed by atoms with Crippen LogP contribution in [0.4, 0.5) is 21.6 Å². The monoisotopic (exact) mass is 336 g/mol. The van der Waals surface area contributed by atoms with Crippen LogP contribution >= 0.6 is 0 Å². The number of carbonyl (C=O) groups excluding carboxylic acids is 1. The molecule has 0 saturated heterocycles. The van der Waals surface area contributed by atoms with Gasteiger partial charge in [-0.2, -0.15) is 0 Å². The SMILES string of the molecule is Cc1ccc(Nc2ccc(C(=O)Nc3ccccc3F)nn2)cc1C. The summed E-state index contributed by atoms with van der Waals surface area (Å²) in [5, 5.41) is 13.5. The molecule has 0 unspecified atom stereocenters. The molecule has 1 aromatic heterocycles. The molecule has 0 aliphatic heterocycles. The number of benzene rings is 2. The molecule has 1 amide bonds. The van der Waals surface area contributed by atoms with E-state index in [0.29, 0.717) is 5.82 Å². The first kappa shape index (κ1) is 16.6. The van der Waals surface area contributed by atoms with Crippen LogP contribution in [0.3, 0.4) is 0 Å². The molecule has 2 aromatic carbocycles. The zero-order valence-electron chi connectivity index (χ0n) is 13.9. The third-order valence-corrected chi connectivity index (χ3v) is 3.80. The first-order valence-electron chi connectivity index (χ1n) is 7.77. The zero-order chi connectivity index (χ0) is 17.8. The van der Waals surface area contributed by atoms with Crippen molar-refractivity contribution in [3.8, 4) is 0 Å². The summed E-state index contributed by atoms with van der Waals surface area (Å²) in [6, 6.07) is 15.1. The van der Waals surface area contributed by atoms with E-state index < -0.39 is 11.7 Å². The average molecular weight is 336 g/mol. The Balaban J connectivity index is 1.70. The number of amides is 1. The molecule has 0 radical (unpaired) electrons. The van der Waals surface area contributed by atoms with E-state index >= 15 is 0 Å². The Bertz CT molecular complexity index is 910. The second kappa shape index (κ2) is 7.09. The van der Waals surface area contributed by atoms with Crippen molar-refractivity contribution in [3.05, 3.63) is 77.2 Å². The lowest BCUT2D eigenvalue weighted by molar-refractivity contribution is 0.102. The number of hydrogen-bond acceptors (Lipinski definition) is 4. The predicted octanol–water partition coefficient (Wildman–Crippen LogP) is 4.23. The van der Waals surface area contributed by atoms with Gasteiger partial charge in [-0.3, -0.25) is 4.79 Å². The van der Waals surface area contributed by atoms with Gasteiger partial charge in [0.25, 0.3) is 5.91 Å². The quantitative estimate of drug-likeness (QED) is 0.748. The van der Waals surface area contributed by atoms with Crippen LogP contribution < -0.4 is 10.6 Å². The molecule has 0 saturated carbocycles. The minimum Gasteiger partial charge on any atom is -0.339 e. The molecular formula is C19H17FN4O. The van der Waals surface area contributed by atoms with Gasteiger partial charge in [-0.05, 0) is 61.4 Å². The van der Waals surface area contributed by atoms with Crippen LogP contribution in [0.15, 0.2) is 54.6 Å². The molecule has 3 aromatic rings. The number of para-hydroxylation sites is 1. The van der Waals surface area contributed by atoms with Crippen LogP contribution in [0.25, 0.3) is 0 Å². The highest BCUT2D eigenvalue weighted by molar-refractivity contribution is 6.02. The molecule has 5 nitrogen and oxygen atoms in total. The maximum atomic E-state index is 13.6. The fourth-order valence-corrected chi connectivity index (χ4v) is 2.24. The van der Waals surface area contributed by atoms with Crippen molar-refractivity contribution in [2.75, 3.05) is 10.6 Å². The molecule has 2 N–H and O–H groups in total. The Hall–Kier alpha value is -3.28. The van der Waals surface area contributed by atoms with E-state index in [9.17, 15) is 9.18 Å². The minimum absolute atomic E-state index is 0.103. The van der Waals surface area contributed by atoms with Crippen molar-refractivity contribution in [1.29, 1.82) is 0 Å². The third-order valence-electron chi connectivity index (χ3n) is 3.80. The highest BCUT2D eigenvalue weighted by atomic mass is 19.1. The van der Waals surface area contributed by atoms with Gasteiger partial charge in [-0.15, -0.1) is 10.2 Å². The summed E-state index contributed by atoms with van der Waals surface area (Å²) < 4.78 is 13.6. The number of nitrogens with one attached hydrogen (secondary N) is 2. The molecule has 25 heavy (non-hydrogen) atoms. The van der Waals surface area contributed by atoms with E-state index in [2.05, 4.69) is 20.8 Å². The van der Waals surface area contributed by atoms with Crippen LogP contribution in [0.1, 0.15) is 21.6 Å². The van der Waals surface area contributed by atoms with Gasteiger partial charge in [0.2, 0.25) is 0 Å². The summed E-state index contributed by atoms with van der Waals surface area (Å²) in [5.74, 6) is -0.502. The van der Waals surface area contributed by atoms with Gasteiger partial charge < -0.3 is 10.6 Å². The van der Waals surface area contributed by atoms with Crippen LogP contribution in [0.5, 0.6) is 0 Å². The number of nitrogens with zero attached hydrogens (tertiary/aromatic N) is 2. The molecule has 0 spiro atoms. The lowest BCUT2D eigenvalue weighted by atomic mass is 10.1. The van der Waals surface area contributed by atoms with Gasteiger partial charge in [-0.25, -0.2) is 4.39 Å². The van der Waals surface area contributed by atoms with E-state index in [4.69, 9.17) is 0 Å². The molecule has 0 atom stereocenters. The van der Waals surface area contributed by atoms with Crippen molar-refractivity contribution in [2.45, 2.75) is 13.8 Å². The fourth-order valence-electron chi connectivity index (χ4n) is 2.24. The van der Waals surface area contributed by atoms with Crippen molar-refractivity contribution >= 4 is 23.1 Å². The summed E-state index contributed by atoms with van der Waals surface area (Å²) in [6.07, 6.45) is 0. The van der Waals surface area contributed by atoms with Gasteiger partial charge in [0.05, 0.1) is 5.69 Å². The Morgan fingerprint density at radius 3 is 2.44 bits per heavy atom. The van der Waals surface area contributed by atoms with E-state index in [0.717, 1.165) is 5.69 Å². The van der Waals surface area contributed by atoms with Gasteiger partial charge >= 0.3 is 0 Å². The van der Waals surface area contributed by atoms with Crippen LogP contribution in [-0.2, 0) is 0 Å². The van der Waals surface area contributed by atoms with E-state index in [1.54, 1.807) is 18.2 Å². The molecule has 0 aliphatic carbocycles. The topological polar surface area (TPSA) is 66.9 Å². The Morgan fingerprint density at radius 1 is 0.960 bits per heavy atom. The second-order valence-corrected chi connectivity index (χ2v) is 5.66. The van der Waals surface area contributed by atoms with Crippen molar-refractivity contribution < 1.29 is 9.18 Å². The maximum Gasteiger partial charge on any atom is 0.276 e. The molecule has 3 rings (SSSR count). The first-order chi connectivity index (χ1) is 12.0. The summed E-state index contributed by atoms with van der Waals surface area (Å²) in [7, 11) is 0. The largest absolute Gasteiger partial charge is 0.339 e. The Morgan fingerprint density at radius 2 is 1.76 bits per heavy atom. The number of aryl methyl sites for hydroxylation is 2. The van der Waals surface area contributed by atoms with Crippen molar-refractivity contribution in [2.24, 2.45) is 0 Å². The third kappa shape index (κ3) is 3.98.